The molecule has 0 spiro atoms. The predicted molar refractivity (Wildman–Crippen MR) is 61.2 cm³/mol. The van der Waals surface area contributed by atoms with Crippen LogP contribution in [0.4, 0.5) is 5.69 Å². The number of nitrogens with two attached hydrogens (primary N) is 1. The highest BCUT2D eigenvalue weighted by Crippen LogP contribution is 2.33. The standard InChI is InChI=1S/C11H15ClN2/c1-14-5-3-9-7-10(12)6-8(2-4-13)11(9)14/h6-7H,2-5,13H2,1H3. The molecule has 0 amide bonds. The number of hydrogen-bond acceptors (Lipinski definition) is 2. The molecule has 1 aromatic carbocycles. The van der Waals surface area contributed by atoms with Gasteiger partial charge in [-0.15, -0.1) is 0 Å². The van der Waals surface area contributed by atoms with Gasteiger partial charge in [-0.2, -0.15) is 0 Å². The summed E-state index contributed by atoms with van der Waals surface area (Å²) in [5, 5.41) is 0.836. The lowest BCUT2D eigenvalue weighted by molar-refractivity contribution is 0.932. The fraction of sp³-hybridized carbons (Fsp3) is 0.455. The molecular formula is C11H15ClN2. The lowest BCUT2D eigenvalue weighted by atomic mass is 10.0. The minimum absolute atomic E-state index is 0.681. The van der Waals surface area contributed by atoms with E-state index < -0.39 is 0 Å². The minimum atomic E-state index is 0.681. The maximum absolute atomic E-state index is 6.05. The summed E-state index contributed by atoms with van der Waals surface area (Å²) in [6.45, 7) is 1.77. The molecule has 0 unspecified atom stereocenters. The average molecular weight is 211 g/mol. The third kappa shape index (κ3) is 1.60. The van der Waals surface area contributed by atoms with Crippen LogP contribution in [-0.4, -0.2) is 20.1 Å². The molecule has 2 nitrogen and oxygen atoms in total. The molecule has 2 rings (SSSR count). The number of rotatable bonds is 2. The summed E-state index contributed by atoms with van der Waals surface area (Å²) in [5.74, 6) is 0. The smallest absolute Gasteiger partial charge is 0.0431 e. The maximum Gasteiger partial charge on any atom is 0.0431 e. The van der Waals surface area contributed by atoms with E-state index in [2.05, 4.69) is 18.0 Å². The average Bonchev–Trinajstić information content (AvgIpc) is 2.48. The van der Waals surface area contributed by atoms with Gasteiger partial charge in [-0.3, -0.25) is 0 Å². The zero-order chi connectivity index (χ0) is 10.1. The summed E-state index contributed by atoms with van der Waals surface area (Å²) in [7, 11) is 2.12. The molecule has 1 heterocycles. The highest BCUT2D eigenvalue weighted by atomic mass is 35.5. The van der Waals surface area contributed by atoms with Gasteiger partial charge >= 0.3 is 0 Å². The van der Waals surface area contributed by atoms with Gasteiger partial charge in [0.2, 0.25) is 0 Å². The molecule has 0 bridgehead atoms. The third-order valence-electron chi connectivity index (χ3n) is 2.74. The lowest BCUT2D eigenvalue weighted by Crippen LogP contribution is -2.15. The van der Waals surface area contributed by atoms with E-state index in [4.69, 9.17) is 17.3 Å². The van der Waals surface area contributed by atoms with Crippen LogP contribution in [0.3, 0.4) is 0 Å². The summed E-state index contributed by atoms with van der Waals surface area (Å²) in [6.07, 6.45) is 2.01. The van der Waals surface area contributed by atoms with Gasteiger partial charge in [-0.05, 0) is 42.6 Å². The Morgan fingerprint density at radius 3 is 3.00 bits per heavy atom. The summed E-state index contributed by atoms with van der Waals surface area (Å²) in [4.78, 5) is 2.29. The van der Waals surface area contributed by atoms with E-state index in [-0.39, 0.29) is 0 Å². The molecule has 0 saturated carbocycles. The molecule has 1 aromatic rings. The summed E-state index contributed by atoms with van der Waals surface area (Å²) < 4.78 is 0. The molecule has 1 aliphatic heterocycles. The highest BCUT2D eigenvalue weighted by Gasteiger charge is 2.19. The van der Waals surface area contributed by atoms with Gasteiger partial charge in [0.25, 0.3) is 0 Å². The number of likely N-dealkylation sites (N-methyl/N-ethyl adjacent to an activating group) is 1. The Hall–Kier alpha value is -0.730. The van der Waals surface area contributed by atoms with Crippen molar-refractivity contribution in [2.45, 2.75) is 12.8 Å². The van der Waals surface area contributed by atoms with Gasteiger partial charge < -0.3 is 10.6 Å². The van der Waals surface area contributed by atoms with Gasteiger partial charge in [-0.25, -0.2) is 0 Å². The van der Waals surface area contributed by atoms with Gasteiger partial charge in [0.1, 0.15) is 0 Å². The third-order valence-corrected chi connectivity index (χ3v) is 2.96. The largest absolute Gasteiger partial charge is 0.374 e. The van der Waals surface area contributed by atoms with Crippen molar-refractivity contribution in [1.82, 2.24) is 0 Å². The van der Waals surface area contributed by atoms with Crippen molar-refractivity contribution in [1.29, 1.82) is 0 Å². The molecule has 0 aromatic heterocycles. The molecule has 0 aliphatic carbocycles. The Labute approximate surface area is 89.7 Å². The van der Waals surface area contributed by atoms with E-state index in [1.54, 1.807) is 0 Å². The molecule has 2 N–H and O–H groups in total. The second-order valence-electron chi connectivity index (χ2n) is 3.78. The van der Waals surface area contributed by atoms with Crippen LogP contribution in [0, 0.1) is 0 Å². The van der Waals surface area contributed by atoms with E-state index in [1.165, 1.54) is 16.8 Å². The van der Waals surface area contributed by atoms with Crippen molar-refractivity contribution in [2.24, 2.45) is 5.73 Å². The quantitative estimate of drug-likeness (QED) is 0.807. The van der Waals surface area contributed by atoms with E-state index >= 15 is 0 Å². The fourth-order valence-corrected chi connectivity index (χ4v) is 2.41. The Morgan fingerprint density at radius 2 is 2.29 bits per heavy atom. The van der Waals surface area contributed by atoms with Crippen molar-refractivity contribution in [3.63, 3.8) is 0 Å². The van der Waals surface area contributed by atoms with E-state index in [0.29, 0.717) is 6.54 Å². The Balaban J connectivity index is 2.47. The van der Waals surface area contributed by atoms with Crippen LogP contribution in [-0.2, 0) is 12.8 Å². The number of fused-ring (bicyclic) bond motifs is 1. The summed E-state index contributed by atoms with van der Waals surface area (Å²) in [5.41, 5.74) is 9.59. The van der Waals surface area contributed by atoms with Crippen LogP contribution in [0.15, 0.2) is 12.1 Å². The minimum Gasteiger partial charge on any atom is -0.374 e. The monoisotopic (exact) mass is 210 g/mol. The molecule has 3 heteroatoms. The first-order valence-electron chi connectivity index (χ1n) is 4.95. The van der Waals surface area contributed by atoms with E-state index in [0.717, 1.165) is 24.4 Å². The molecule has 0 radical (unpaired) electrons. The second kappa shape index (κ2) is 3.79. The van der Waals surface area contributed by atoms with Crippen LogP contribution in [0.25, 0.3) is 0 Å². The van der Waals surface area contributed by atoms with Crippen LogP contribution in [0.5, 0.6) is 0 Å². The maximum atomic E-state index is 6.05. The highest BCUT2D eigenvalue weighted by molar-refractivity contribution is 6.30. The molecule has 1 aliphatic rings. The van der Waals surface area contributed by atoms with Gasteiger partial charge in [0.05, 0.1) is 0 Å². The van der Waals surface area contributed by atoms with Crippen LogP contribution in [0.1, 0.15) is 11.1 Å². The number of anilines is 1. The number of benzene rings is 1. The lowest BCUT2D eigenvalue weighted by Gasteiger charge is -2.16. The van der Waals surface area contributed by atoms with E-state index in [9.17, 15) is 0 Å². The van der Waals surface area contributed by atoms with Crippen molar-refractivity contribution < 1.29 is 0 Å². The zero-order valence-corrected chi connectivity index (χ0v) is 9.14. The zero-order valence-electron chi connectivity index (χ0n) is 8.39. The molecule has 76 valence electrons. The topological polar surface area (TPSA) is 29.3 Å². The summed E-state index contributed by atoms with van der Waals surface area (Å²) in [6, 6.07) is 4.11. The summed E-state index contributed by atoms with van der Waals surface area (Å²) >= 11 is 6.05. The van der Waals surface area contributed by atoms with Crippen molar-refractivity contribution in [3.8, 4) is 0 Å². The molecule has 0 atom stereocenters. The van der Waals surface area contributed by atoms with Gasteiger partial charge in [0, 0.05) is 24.3 Å². The Kier molecular flexibility index (Phi) is 2.66. The first kappa shape index (κ1) is 9.81. The Bertz CT molecular complexity index is 349. The first-order chi connectivity index (χ1) is 6.72. The van der Waals surface area contributed by atoms with Crippen LogP contribution >= 0.6 is 11.6 Å². The van der Waals surface area contributed by atoms with Gasteiger partial charge in [0.15, 0.2) is 0 Å². The predicted octanol–water partition coefficient (Wildman–Crippen LogP) is 1.83. The SMILES string of the molecule is CN1CCc2cc(Cl)cc(CCN)c21. The van der Waals surface area contributed by atoms with Gasteiger partial charge in [-0.1, -0.05) is 11.6 Å². The number of nitrogens with zero attached hydrogens (tertiary/aromatic N) is 1. The van der Waals surface area contributed by atoms with Crippen LogP contribution < -0.4 is 10.6 Å². The van der Waals surface area contributed by atoms with Crippen molar-refractivity contribution in [2.75, 3.05) is 25.0 Å². The van der Waals surface area contributed by atoms with Crippen LogP contribution in [0.2, 0.25) is 5.02 Å². The van der Waals surface area contributed by atoms with Crippen molar-refractivity contribution in [3.05, 3.63) is 28.3 Å². The van der Waals surface area contributed by atoms with Crippen molar-refractivity contribution >= 4 is 17.3 Å². The normalized spacial score (nSPS) is 14.6. The Morgan fingerprint density at radius 1 is 1.50 bits per heavy atom. The molecule has 0 saturated heterocycles. The second-order valence-corrected chi connectivity index (χ2v) is 4.22. The number of hydrogen-bond donors (Lipinski definition) is 1. The fourth-order valence-electron chi connectivity index (χ4n) is 2.14. The molecular weight excluding hydrogens is 196 g/mol. The molecule has 14 heavy (non-hydrogen) atoms. The molecule has 0 fully saturated rings. The number of halogens is 1. The first-order valence-corrected chi connectivity index (χ1v) is 5.32. The van der Waals surface area contributed by atoms with E-state index in [1.807, 2.05) is 6.07 Å².